The van der Waals surface area contributed by atoms with Gasteiger partial charge in [-0.15, -0.1) is 11.3 Å². The van der Waals surface area contributed by atoms with Gasteiger partial charge in [0, 0.05) is 31.1 Å². The van der Waals surface area contributed by atoms with Crippen molar-refractivity contribution >= 4 is 28.2 Å². The summed E-state index contributed by atoms with van der Waals surface area (Å²) >= 11 is 1.46. The second kappa shape index (κ2) is 7.40. The first-order valence-corrected chi connectivity index (χ1v) is 10.0. The molecule has 0 unspecified atom stereocenters. The van der Waals surface area contributed by atoms with Gasteiger partial charge in [-0.3, -0.25) is 9.59 Å². The van der Waals surface area contributed by atoms with Crippen molar-refractivity contribution in [3.8, 4) is 0 Å². The third-order valence-corrected chi connectivity index (χ3v) is 6.48. The number of nitrogens with zero attached hydrogens (tertiary/aromatic N) is 2. The number of thiophene rings is 1. The monoisotopic (exact) mass is 387 g/mol. The number of anilines is 1. The van der Waals surface area contributed by atoms with Gasteiger partial charge in [0.05, 0.1) is 11.1 Å². The van der Waals surface area contributed by atoms with E-state index in [-0.39, 0.29) is 11.5 Å². The molecule has 0 saturated carbocycles. The van der Waals surface area contributed by atoms with Crippen LogP contribution in [0.4, 0.5) is 9.39 Å². The Balaban J connectivity index is 1.63. The first-order chi connectivity index (χ1) is 13.0. The molecule has 0 atom stereocenters. The Hall–Kier alpha value is -2.25. The third kappa shape index (κ3) is 3.49. The average Bonchev–Trinajstić information content (AvgIpc) is 3.23. The number of benzene rings is 1. The molecule has 0 bridgehead atoms. The van der Waals surface area contributed by atoms with Crippen LogP contribution >= 0.6 is 11.3 Å². The van der Waals surface area contributed by atoms with Crippen LogP contribution in [0, 0.1) is 5.82 Å². The number of fused-ring (bicyclic) bond motifs is 1. The number of amides is 2. The highest BCUT2D eigenvalue weighted by molar-refractivity contribution is 7.17. The second-order valence-electron chi connectivity index (χ2n) is 7.09. The largest absolute Gasteiger partial charge is 0.336 e. The molecule has 2 aliphatic rings. The Morgan fingerprint density at radius 1 is 1.11 bits per heavy atom. The molecular formula is C20H22FN3O2S. The number of carbonyl (C=O) groups is 2. The molecule has 2 amide bonds. The number of likely N-dealkylation sites (N-methyl/N-ethyl adjacent to an activating group) is 1. The van der Waals surface area contributed by atoms with E-state index in [4.69, 9.17) is 0 Å². The maximum atomic E-state index is 14.0. The molecule has 4 rings (SSSR count). The zero-order valence-electron chi connectivity index (χ0n) is 15.3. The molecule has 27 heavy (non-hydrogen) atoms. The lowest BCUT2D eigenvalue weighted by atomic mass is 10.1. The van der Waals surface area contributed by atoms with Crippen LogP contribution in [0.5, 0.6) is 0 Å². The van der Waals surface area contributed by atoms with E-state index in [2.05, 4.69) is 10.2 Å². The van der Waals surface area contributed by atoms with E-state index in [0.717, 1.165) is 42.8 Å². The van der Waals surface area contributed by atoms with E-state index in [0.29, 0.717) is 23.7 Å². The number of nitrogens with one attached hydrogen (secondary N) is 1. The van der Waals surface area contributed by atoms with Gasteiger partial charge < -0.3 is 15.1 Å². The highest BCUT2D eigenvalue weighted by Gasteiger charge is 2.31. The van der Waals surface area contributed by atoms with Crippen LogP contribution in [0.25, 0.3) is 0 Å². The van der Waals surface area contributed by atoms with E-state index in [1.54, 1.807) is 12.1 Å². The molecule has 1 aromatic heterocycles. The van der Waals surface area contributed by atoms with E-state index in [1.165, 1.54) is 23.5 Å². The molecule has 2 heterocycles. The molecule has 1 N–H and O–H groups in total. The summed E-state index contributed by atoms with van der Waals surface area (Å²) in [5.41, 5.74) is 1.67. The quantitative estimate of drug-likeness (QED) is 0.881. The number of hydrogen-bond acceptors (Lipinski definition) is 4. The Labute approximate surface area is 161 Å². The number of aryl methyl sites for hydroxylation is 1. The summed E-state index contributed by atoms with van der Waals surface area (Å²) in [6, 6.07) is 5.89. The van der Waals surface area contributed by atoms with Crippen molar-refractivity contribution in [1.82, 2.24) is 9.80 Å². The molecule has 5 nitrogen and oxygen atoms in total. The molecule has 142 valence electrons. The SMILES string of the molecule is CN1CCN(C(=O)c2c(NC(=O)c3ccccc3F)sc3c2CCC3)CC1. The van der Waals surface area contributed by atoms with Gasteiger partial charge in [0.25, 0.3) is 11.8 Å². The van der Waals surface area contributed by atoms with Crippen molar-refractivity contribution in [1.29, 1.82) is 0 Å². The predicted molar refractivity (Wildman–Crippen MR) is 104 cm³/mol. The fraction of sp³-hybridized carbons (Fsp3) is 0.400. The number of piperazine rings is 1. The predicted octanol–water partition coefficient (Wildman–Crippen LogP) is 3.02. The van der Waals surface area contributed by atoms with Crippen LogP contribution < -0.4 is 5.32 Å². The molecule has 0 spiro atoms. The van der Waals surface area contributed by atoms with Gasteiger partial charge in [0.15, 0.2) is 0 Å². The third-order valence-electron chi connectivity index (χ3n) is 5.27. The minimum absolute atomic E-state index is 0.0101. The first-order valence-electron chi connectivity index (χ1n) is 9.23. The van der Waals surface area contributed by atoms with Crippen LogP contribution in [0.3, 0.4) is 0 Å². The number of carbonyl (C=O) groups excluding carboxylic acids is 2. The summed E-state index contributed by atoms with van der Waals surface area (Å²) in [6.07, 6.45) is 2.82. The van der Waals surface area contributed by atoms with Gasteiger partial charge in [0.1, 0.15) is 10.8 Å². The van der Waals surface area contributed by atoms with E-state index in [9.17, 15) is 14.0 Å². The summed E-state index contributed by atoms with van der Waals surface area (Å²) in [5.74, 6) is -1.10. The van der Waals surface area contributed by atoms with Crippen LogP contribution in [0.1, 0.15) is 37.6 Å². The highest BCUT2D eigenvalue weighted by Crippen LogP contribution is 2.40. The maximum Gasteiger partial charge on any atom is 0.259 e. The molecule has 1 aliphatic carbocycles. The smallest absolute Gasteiger partial charge is 0.259 e. The Kier molecular flexibility index (Phi) is 4.97. The molecular weight excluding hydrogens is 365 g/mol. The first kappa shape index (κ1) is 18.1. The summed E-state index contributed by atoms with van der Waals surface area (Å²) in [7, 11) is 2.05. The van der Waals surface area contributed by atoms with Crippen LogP contribution in [0.2, 0.25) is 0 Å². The van der Waals surface area contributed by atoms with Gasteiger partial charge in [-0.1, -0.05) is 12.1 Å². The fourth-order valence-electron chi connectivity index (χ4n) is 3.70. The Morgan fingerprint density at radius 3 is 2.59 bits per heavy atom. The van der Waals surface area contributed by atoms with Crippen LogP contribution in [-0.2, 0) is 12.8 Å². The molecule has 1 fully saturated rings. The molecule has 0 radical (unpaired) electrons. The summed E-state index contributed by atoms with van der Waals surface area (Å²) in [4.78, 5) is 31.0. The minimum atomic E-state index is -0.564. The van der Waals surface area contributed by atoms with E-state index >= 15 is 0 Å². The zero-order valence-corrected chi connectivity index (χ0v) is 16.1. The second-order valence-corrected chi connectivity index (χ2v) is 8.20. The molecule has 2 aromatic rings. The summed E-state index contributed by atoms with van der Waals surface area (Å²) < 4.78 is 14.0. The van der Waals surface area contributed by atoms with Gasteiger partial charge in [-0.2, -0.15) is 0 Å². The normalized spacial score (nSPS) is 17.0. The van der Waals surface area contributed by atoms with Gasteiger partial charge in [-0.25, -0.2) is 4.39 Å². The van der Waals surface area contributed by atoms with Crippen molar-refractivity contribution in [3.05, 3.63) is 51.7 Å². The van der Waals surface area contributed by atoms with Crippen molar-refractivity contribution in [2.24, 2.45) is 0 Å². The number of hydrogen-bond donors (Lipinski definition) is 1. The minimum Gasteiger partial charge on any atom is -0.336 e. The van der Waals surface area contributed by atoms with Gasteiger partial charge >= 0.3 is 0 Å². The lowest BCUT2D eigenvalue weighted by Crippen LogP contribution is -2.47. The number of rotatable bonds is 3. The molecule has 1 aliphatic heterocycles. The molecule has 1 aromatic carbocycles. The Bertz CT molecular complexity index is 887. The maximum absolute atomic E-state index is 14.0. The molecule has 1 saturated heterocycles. The topological polar surface area (TPSA) is 52.6 Å². The van der Waals surface area contributed by atoms with Crippen molar-refractivity contribution < 1.29 is 14.0 Å². The fourth-order valence-corrected chi connectivity index (χ4v) is 4.98. The van der Waals surface area contributed by atoms with Gasteiger partial charge in [-0.05, 0) is 44.0 Å². The van der Waals surface area contributed by atoms with Crippen LogP contribution in [-0.4, -0.2) is 54.8 Å². The Morgan fingerprint density at radius 2 is 1.85 bits per heavy atom. The average molecular weight is 387 g/mol. The lowest BCUT2D eigenvalue weighted by molar-refractivity contribution is 0.0664. The van der Waals surface area contributed by atoms with Gasteiger partial charge in [0.2, 0.25) is 0 Å². The standard InChI is InChI=1S/C20H22FN3O2S/c1-23-9-11-24(12-10-23)20(26)17-14-6-4-8-16(14)27-19(17)22-18(25)13-5-2-3-7-15(13)21/h2-3,5,7H,4,6,8-12H2,1H3,(H,22,25). The van der Waals surface area contributed by atoms with Crippen molar-refractivity contribution in [2.75, 3.05) is 38.5 Å². The van der Waals surface area contributed by atoms with E-state index in [1.807, 2.05) is 11.9 Å². The molecule has 7 heteroatoms. The van der Waals surface area contributed by atoms with Crippen molar-refractivity contribution in [2.45, 2.75) is 19.3 Å². The van der Waals surface area contributed by atoms with Crippen LogP contribution in [0.15, 0.2) is 24.3 Å². The van der Waals surface area contributed by atoms with Crippen molar-refractivity contribution in [3.63, 3.8) is 0 Å². The number of halogens is 1. The highest BCUT2D eigenvalue weighted by atomic mass is 32.1. The summed E-state index contributed by atoms with van der Waals surface area (Å²) in [6.45, 7) is 3.05. The van der Waals surface area contributed by atoms with E-state index < -0.39 is 11.7 Å². The summed E-state index contributed by atoms with van der Waals surface area (Å²) in [5, 5.41) is 3.36. The lowest BCUT2D eigenvalue weighted by Gasteiger charge is -2.32. The zero-order chi connectivity index (χ0) is 19.0.